The van der Waals surface area contributed by atoms with Crippen molar-refractivity contribution in [2.75, 3.05) is 12.4 Å². The molecule has 0 heterocycles. The van der Waals surface area contributed by atoms with Gasteiger partial charge in [-0.2, -0.15) is 12.6 Å². The van der Waals surface area contributed by atoms with E-state index in [-0.39, 0.29) is 5.82 Å². The Morgan fingerprint density at radius 1 is 1.00 bits per heavy atom. The van der Waals surface area contributed by atoms with Crippen molar-refractivity contribution in [3.63, 3.8) is 0 Å². The van der Waals surface area contributed by atoms with E-state index in [4.69, 9.17) is 4.74 Å². The van der Waals surface area contributed by atoms with Crippen LogP contribution in [-0.2, 0) is 0 Å². The zero-order valence-electron chi connectivity index (χ0n) is 11.2. The summed E-state index contributed by atoms with van der Waals surface area (Å²) in [6.07, 6.45) is 8.66. The van der Waals surface area contributed by atoms with E-state index in [1.807, 2.05) is 0 Å². The summed E-state index contributed by atoms with van der Waals surface area (Å²) in [5.74, 6) is 1.47. The van der Waals surface area contributed by atoms with Crippen molar-refractivity contribution in [1.82, 2.24) is 0 Å². The highest BCUT2D eigenvalue weighted by atomic mass is 79.9. The predicted octanol–water partition coefficient (Wildman–Crippen LogP) is 5.63. The van der Waals surface area contributed by atoms with Crippen LogP contribution in [0, 0.1) is 5.82 Å². The molecule has 4 heteroatoms. The maximum atomic E-state index is 13.0. The summed E-state index contributed by atoms with van der Waals surface area (Å²) >= 11 is 7.35. The SMILES string of the molecule is Fc1ccc(OCCCCCCCCCS)cc1Br. The Hall–Kier alpha value is -0.220. The van der Waals surface area contributed by atoms with Crippen molar-refractivity contribution < 1.29 is 9.13 Å². The van der Waals surface area contributed by atoms with Crippen molar-refractivity contribution in [2.45, 2.75) is 44.9 Å². The lowest BCUT2D eigenvalue weighted by Gasteiger charge is -2.07. The number of rotatable bonds is 10. The third-order valence-electron chi connectivity index (χ3n) is 2.96. The summed E-state index contributed by atoms with van der Waals surface area (Å²) in [5.41, 5.74) is 0. The van der Waals surface area contributed by atoms with Gasteiger partial charge in [0.2, 0.25) is 0 Å². The molecule has 0 saturated heterocycles. The van der Waals surface area contributed by atoms with Gasteiger partial charge in [0.05, 0.1) is 11.1 Å². The topological polar surface area (TPSA) is 9.23 Å². The monoisotopic (exact) mass is 348 g/mol. The van der Waals surface area contributed by atoms with E-state index < -0.39 is 0 Å². The van der Waals surface area contributed by atoms with Crippen LogP contribution in [0.4, 0.5) is 4.39 Å². The molecule has 0 fully saturated rings. The highest BCUT2D eigenvalue weighted by Gasteiger charge is 2.00. The van der Waals surface area contributed by atoms with Crippen molar-refractivity contribution in [3.05, 3.63) is 28.5 Å². The minimum Gasteiger partial charge on any atom is -0.494 e. The van der Waals surface area contributed by atoms with Gasteiger partial charge in [0.25, 0.3) is 0 Å². The summed E-state index contributed by atoms with van der Waals surface area (Å²) in [6.45, 7) is 0.703. The zero-order chi connectivity index (χ0) is 13.9. The Morgan fingerprint density at radius 3 is 2.26 bits per heavy atom. The quantitative estimate of drug-likeness (QED) is 0.426. The number of ether oxygens (including phenoxy) is 1. The molecule has 108 valence electrons. The van der Waals surface area contributed by atoms with Crippen LogP contribution in [0.25, 0.3) is 0 Å². The first-order valence-electron chi connectivity index (χ1n) is 6.93. The molecule has 0 atom stereocenters. The molecule has 0 aliphatic heterocycles. The first-order valence-corrected chi connectivity index (χ1v) is 8.35. The second-order valence-electron chi connectivity index (χ2n) is 4.62. The van der Waals surface area contributed by atoms with Gasteiger partial charge in [0.1, 0.15) is 11.6 Å². The normalized spacial score (nSPS) is 10.7. The number of hydrogen-bond donors (Lipinski definition) is 1. The summed E-state index contributed by atoms with van der Waals surface area (Å²) in [6, 6.07) is 4.76. The Morgan fingerprint density at radius 2 is 1.63 bits per heavy atom. The molecule has 19 heavy (non-hydrogen) atoms. The van der Waals surface area contributed by atoms with Crippen LogP contribution in [0.5, 0.6) is 5.75 Å². The second kappa shape index (κ2) is 10.6. The van der Waals surface area contributed by atoms with Gasteiger partial charge in [-0.1, -0.05) is 32.1 Å². The number of thiol groups is 1. The van der Waals surface area contributed by atoms with Crippen LogP contribution < -0.4 is 4.74 Å². The van der Waals surface area contributed by atoms with Gasteiger partial charge in [-0.3, -0.25) is 0 Å². The predicted molar refractivity (Wildman–Crippen MR) is 85.8 cm³/mol. The average Bonchev–Trinajstić information content (AvgIpc) is 2.41. The van der Waals surface area contributed by atoms with E-state index in [9.17, 15) is 4.39 Å². The molecule has 1 aromatic carbocycles. The van der Waals surface area contributed by atoms with Crippen LogP contribution in [0.2, 0.25) is 0 Å². The minimum absolute atomic E-state index is 0.256. The molecule has 0 N–H and O–H groups in total. The third-order valence-corrected chi connectivity index (χ3v) is 3.89. The van der Waals surface area contributed by atoms with Gasteiger partial charge in [-0.05, 0) is 52.7 Å². The van der Waals surface area contributed by atoms with Gasteiger partial charge in [0.15, 0.2) is 0 Å². The lowest BCUT2D eigenvalue weighted by atomic mass is 10.1. The molecule has 0 unspecified atom stereocenters. The van der Waals surface area contributed by atoms with Crippen molar-refractivity contribution in [2.24, 2.45) is 0 Å². The fourth-order valence-corrected chi connectivity index (χ4v) is 2.44. The number of halogens is 2. The van der Waals surface area contributed by atoms with Crippen molar-refractivity contribution >= 4 is 28.6 Å². The highest BCUT2D eigenvalue weighted by molar-refractivity contribution is 9.10. The molecule has 0 amide bonds. The molecule has 1 nitrogen and oxygen atoms in total. The molecule has 0 bridgehead atoms. The largest absolute Gasteiger partial charge is 0.494 e. The van der Waals surface area contributed by atoms with Crippen molar-refractivity contribution in [3.8, 4) is 5.75 Å². The summed E-state index contributed by atoms with van der Waals surface area (Å²) in [7, 11) is 0. The van der Waals surface area contributed by atoms with Gasteiger partial charge < -0.3 is 4.74 Å². The lowest BCUT2D eigenvalue weighted by Crippen LogP contribution is -1.97. The second-order valence-corrected chi connectivity index (χ2v) is 5.92. The standard InChI is InChI=1S/C15H22BrFOS/c16-14-12-13(8-9-15(14)17)18-10-6-4-2-1-3-5-7-11-19/h8-9,12,19H,1-7,10-11H2. The van der Waals surface area contributed by atoms with E-state index in [0.29, 0.717) is 11.1 Å². The first-order chi connectivity index (χ1) is 9.24. The van der Waals surface area contributed by atoms with Crippen molar-refractivity contribution in [1.29, 1.82) is 0 Å². The Balaban J connectivity index is 2.00. The number of benzene rings is 1. The number of hydrogen-bond acceptors (Lipinski definition) is 2. The van der Waals surface area contributed by atoms with Crippen LogP contribution in [-0.4, -0.2) is 12.4 Å². The summed E-state index contributed by atoms with van der Waals surface area (Å²) in [4.78, 5) is 0. The minimum atomic E-state index is -0.256. The highest BCUT2D eigenvalue weighted by Crippen LogP contribution is 2.21. The molecule has 0 saturated carbocycles. The van der Waals surface area contributed by atoms with Gasteiger partial charge in [-0.15, -0.1) is 0 Å². The molecule has 0 radical (unpaired) electrons. The Bertz CT molecular complexity index is 360. The molecule has 1 aromatic rings. The molecule has 0 aromatic heterocycles. The molecule has 0 aliphatic rings. The van der Waals surface area contributed by atoms with E-state index in [1.165, 1.54) is 44.6 Å². The smallest absolute Gasteiger partial charge is 0.137 e. The Kier molecular flexibility index (Phi) is 9.35. The average molecular weight is 349 g/mol. The maximum absolute atomic E-state index is 13.0. The van der Waals surface area contributed by atoms with Crippen LogP contribution in [0.3, 0.4) is 0 Å². The van der Waals surface area contributed by atoms with Gasteiger partial charge >= 0.3 is 0 Å². The first kappa shape index (κ1) is 16.8. The lowest BCUT2D eigenvalue weighted by molar-refractivity contribution is 0.303. The Labute approximate surface area is 129 Å². The van der Waals surface area contributed by atoms with E-state index in [1.54, 1.807) is 12.1 Å². The zero-order valence-corrected chi connectivity index (χ0v) is 13.7. The van der Waals surface area contributed by atoms with Gasteiger partial charge in [-0.25, -0.2) is 4.39 Å². The third kappa shape index (κ3) is 7.83. The number of unbranched alkanes of at least 4 members (excludes halogenated alkanes) is 6. The maximum Gasteiger partial charge on any atom is 0.137 e. The molecule has 0 spiro atoms. The molecule has 0 aliphatic carbocycles. The van der Waals surface area contributed by atoms with Crippen LogP contribution in [0.15, 0.2) is 22.7 Å². The fraction of sp³-hybridized carbons (Fsp3) is 0.600. The van der Waals surface area contributed by atoms with E-state index >= 15 is 0 Å². The van der Waals surface area contributed by atoms with Crippen LogP contribution >= 0.6 is 28.6 Å². The summed E-state index contributed by atoms with van der Waals surface area (Å²) < 4.78 is 19.0. The summed E-state index contributed by atoms with van der Waals surface area (Å²) in [5, 5.41) is 0. The van der Waals surface area contributed by atoms with E-state index in [2.05, 4.69) is 28.6 Å². The molecular formula is C15H22BrFOS. The molecular weight excluding hydrogens is 327 g/mol. The van der Waals surface area contributed by atoms with Gasteiger partial charge in [0, 0.05) is 0 Å². The van der Waals surface area contributed by atoms with E-state index in [0.717, 1.165) is 17.9 Å². The van der Waals surface area contributed by atoms with Crippen LogP contribution in [0.1, 0.15) is 44.9 Å². The fourth-order valence-electron chi connectivity index (χ4n) is 1.85. The molecule has 1 rings (SSSR count).